The van der Waals surface area contributed by atoms with Gasteiger partial charge in [-0.15, -0.1) is 10.2 Å². The van der Waals surface area contributed by atoms with Gasteiger partial charge in [-0.2, -0.15) is 4.80 Å². The van der Waals surface area contributed by atoms with Crippen molar-refractivity contribution in [1.82, 2.24) is 15.0 Å². The number of halogens is 2. The predicted octanol–water partition coefficient (Wildman–Crippen LogP) is 2.88. The summed E-state index contributed by atoms with van der Waals surface area (Å²) in [5.74, 6) is 0.830. The van der Waals surface area contributed by atoms with Crippen molar-refractivity contribution >= 4 is 31.9 Å². The molecule has 0 aliphatic rings. The quantitative estimate of drug-likeness (QED) is 0.711. The second kappa shape index (κ2) is 7.02. The Labute approximate surface area is 128 Å². The lowest BCUT2D eigenvalue weighted by Crippen LogP contribution is -2.05. The molecule has 19 heavy (non-hydrogen) atoms. The first-order valence-electron chi connectivity index (χ1n) is 5.66. The number of ether oxygens (including phenoxy) is 2. The number of aromatic nitrogens is 3. The fourth-order valence-corrected chi connectivity index (χ4v) is 2.00. The molecule has 0 bridgehead atoms. The molecule has 1 aromatic heterocycles. The Morgan fingerprint density at radius 1 is 1.05 bits per heavy atom. The third-order valence-electron chi connectivity index (χ3n) is 2.38. The fraction of sp³-hybridized carbons (Fsp3) is 0.333. The van der Waals surface area contributed by atoms with Crippen LogP contribution in [0.1, 0.15) is 5.56 Å². The van der Waals surface area contributed by atoms with Crippen LogP contribution in [0, 0.1) is 0 Å². The van der Waals surface area contributed by atoms with Crippen LogP contribution in [-0.2, 0) is 11.3 Å². The second-order valence-electron chi connectivity index (χ2n) is 3.80. The number of benzene rings is 1. The van der Waals surface area contributed by atoms with Crippen LogP contribution in [0.3, 0.4) is 0 Å². The smallest absolute Gasteiger partial charge is 0.162 e. The van der Waals surface area contributed by atoms with Gasteiger partial charge in [0.25, 0.3) is 0 Å². The van der Waals surface area contributed by atoms with Gasteiger partial charge in [-0.05, 0) is 49.6 Å². The van der Waals surface area contributed by atoms with Gasteiger partial charge in [0.05, 0.1) is 13.2 Å². The summed E-state index contributed by atoms with van der Waals surface area (Å²) in [6.07, 6.45) is 0. The highest BCUT2D eigenvalue weighted by Crippen LogP contribution is 2.18. The summed E-state index contributed by atoms with van der Waals surface area (Å²) < 4.78 is 11.8. The number of hydrogen-bond donors (Lipinski definition) is 0. The molecule has 1 heterocycles. The van der Waals surface area contributed by atoms with E-state index < -0.39 is 0 Å². The standard InChI is InChI=1S/C12H13Br2N3O2/c1-18-6-7-19-10-4-2-9(3-5-10)8-17-15-11(13)12(14)16-17/h2-5H,6-8H2,1H3. The summed E-state index contributed by atoms with van der Waals surface area (Å²) in [6.45, 7) is 1.75. The average molecular weight is 391 g/mol. The molecule has 0 unspecified atom stereocenters. The summed E-state index contributed by atoms with van der Waals surface area (Å²) in [7, 11) is 1.65. The minimum Gasteiger partial charge on any atom is -0.491 e. The van der Waals surface area contributed by atoms with Crippen LogP contribution >= 0.6 is 31.9 Å². The van der Waals surface area contributed by atoms with Gasteiger partial charge >= 0.3 is 0 Å². The number of rotatable bonds is 6. The molecule has 0 fully saturated rings. The van der Waals surface area contributed by atoms with Gasteiger partial charge in [0, 0.05) is 7.11 Å². The molecule has 0 amide bonds. The minimum atomic E-state index is 0.552. The Balaban J connectivity index is 1.94. The third kappa shape index (κ3) is 4.29. The van der Waals surface area contributed by atoms with Crippen LogP contribution in [0.4, 0.5) is 0 Å². The number of nitrogens with zero attached hydrogens (tertiary/aromatic N) is 3. The summed E-state index contributed by atoms with van der Waals surface area (Å²) in [4.78, 5) is 1.62. The third-order valence-corrected chi connectivity index (χ3v) is 3.98. The molecule has 102 valence electrons. The molecule has 0 aliphatic carbocycles. The van der Waals surface area contributed by atoms with Crippen molar-refractivity contribution in [3.63, 3.8) is 0 Å². The maximum Gasteiger partial charge on any atom is 0.162 e. The fourth-order valence-electron chi connectivity index (χ4n) is 1.48. The summed E-state index contributed by atoms with van der Waals surface area (Å²) in [6, 6.07) is 7.85. The van der Waals surface area contributed by atoms with E-state index in [4.69, 9.17) is 9.47 Å². The molecular formula is C12H13Br2N3O2. The first-order chi connectivity index (χ1) is 9.19. The molecule has 0 N–H and O–H groups in total. The zero-order chi connectivity index (χ0) is 13.7. The van der Waals surface area contributed by atoms with E-state index in [-0.39, 0.29) is 0 Å². The zero-order valence-corrected chi connectivity index (χ0v) is 13.5. The monoisotopic (exact) mass is 389 g/mol. The lowest BCUT2D eigenvalue weighted by atomic mass is 10.2. The highest BCUT2D eigenvalue weighted by molar-refractivity contribution is 9.13. The van der Waals surface area contributed by atoms with E-state index in [1.54, 1.807) is 11.9 Å². The van der Waals surface area contributed by atoms with Crippen molar-refractivity contribution in [3.8, 4) is 5.75 Å². The van der Waals surface area contributed by atoms with Crippen molar-refractivity contribution in [2.24, 2.45) is 0 Å². The van der Waals surface area contributed by atoms with Crippen LogP contribution in [0.15, 0.2) is 33.5 Å². The molecule has 2 aromatic rings. The van der Waals surface area contributed by atoms with Gasteiger partial charge in [0.1, 0.15) is 12.4 Å². The molecule has 0 radical (unpaired) electrons. The molecule has 0 atom stereocenters. The van der Waals surface area contributed by atoms with Gasteiger partial charge in [0.2, 0.25) is 0 Å². The van der Waals surface area contributed by atoms with E-state index in [9.17, 15) is 0 Å². The number of methoxy groups -OCH3 is 1. The molecule has 0 saturated heterocycles. The first kappa shape index (κ1) is 14.5. The molecule has 0 aliphatic heterocycles. The van der Waals surface area contributed by atoms with Crippen LogP contribution in [0.5, 0.6) is 5.75 Å². The Kier molecular flexibility index (Phi) is 5.35. The van der Waals surface area contributed by atoms with E-state index in [0.29, 0.717) is 29.0 Å². The van der Waals surface area contributed by atoms with Crippen LogP contribution in [0.25, 0.3) is 0 Å². The summed E-state index contributed by atoms with van der Waals surface area (Å²) >= 11 is 6.61. The summed E-state index contributed by atoms with van der Waals surface area (Å²) in [5.41, 5.74) is 1.11. The maximum atomic E-state index is 5.50. The van der Waals surface area contributed by atoms with Crippen molar-refractivity contribution < 1.29 is 9.47 Å². The Morgan fingerprint density at radius 2 is 1.68 bits per heavy atom. The largest absolute Gasteiger partial charge is 0.491 e. The lowest BCUT2D eigenvalue weighted by molar-refractivity contribution is 0.146. The van der Waals surface area contributed by atoms with Crippen LogP contribution in [-0.4, -0.2) is 35.3 Å². The molecule has 0 spiro atoms. The topological polar surface area (TPSA) is 49.2 Å². The van der Waals surface area contributed by atoms with Crippen molar-refractivity contribution in [2.75, 3.05) is 20.3 Å². The van der Waals surface area contributed by atoms with Gasteiger partial charge in [0.15, 0.2) is 9.21 Å². The van der Waals surface area contributed by atoms with Crippen molar-refractivity contribution in [2.45, 2.75) is 6.54 Å². The Hall–Kier alpha value is -0.920. The Bertz CT molecular complexity index is 509. The maximum absolute atomic E-state index is 5.50. The van der Waals surface area contributed by atoms with Crippen LogP contribution in [0.2, 0.25) is 0 Å². The van der Waals surface area contributed by atoms with Crippen molar-refractivity contribution in [3.05, 3.63) is 39.0 Å². The highest BCUT2D eigenvalue weighted by Gasteiger charge is 2.05. The second-order valence-corrected chi connectivity index (χ2v) is 5.30. The van der Waals surface area contributed by atoms with Crippen molar-refractivity contribution in [1.29, 1.82) is 0 Å². The van der Waals surface area contributed by atoms with Gasteiger partial charge in [-0.1, -0.05) is 12.1 Å². The number of hydrogen-bond acceptors (Lipinski definition) is 4. The van der Waals surface area contributed by atoms with E-state index in [2.05, 4.69) is 42.1 Å². The molecule has 7 heteroatoms. The molecule has 0 saturated carbocycles. The zero-order valence-electron chi connectivity index (χ0n) is 10.3. The highest BCUT2D eigenvalue weighted by atomic mass is 79.9. The lowest BCUT2D eigenvalue weighted by Gasteiger charge is -2.06. The normalized spacial score (nSPS) is 10.7. The minimum absolute atomic E-state index is 0.552. The van der Waals surface area contributed by atoms with E-state index in [1.807, 2.05) is 24.3 Å². The van der Waals surface area contributed by atoms with Gasteiger partial charge in [-0.3, -0.25) is 0 Å². The predicted molar refractivity (Wildman–Crippen MR) is 78.3 cm³/mol. The molecule has 5 nitrogen and oxygen atoms in total. The van der Waals surface area contributed by atoms with Gasteiger partial charge in [-0.25, -0.2) is 0 Å². The average Bonchev–Trinajstić information content (AvgIpc) is 2.71. The van der Waals surface area contributed by atoms with E-state index in [1.165, 1.54) is 0 Å². The SMILES string of the molecule is COCCOc1ccc(Cn2nc(Br)c(Br)n2)cc1. The summed E-state index contributed by atoms with van der Waals surface area (Å²) in [5, 5.41) is 8.43. The Morgan fingerprint density at radius 3 is 2.26 bits per heavy atom. The van der Waals surface area contributed by atoms with Crippen LogP contribution < -0.4 is 4.74 Å². The van der Waals surface area contributed by atoms with E-state index >= 15 is 0 Å². The van der Waals surface area contributed by atoms with Gasteiger partial charge < -0.3 is 9.47 Å². The molecule has 1 aromatic carbocycles. The molecule has 2 rings (SSSR count). The first-order valence-corrected chi connectivity index (χ1v) is 7.24. The molecular weight excluding hydrogens is 378 g/mol. The van der Waals surface area contributed by atoms with E-state index in [0.717, 1.165) is 11.3 Å².